The maximum atomic E-state index is 11.1. The molecule has 1 heterocycles. The third-order valence-electron chi connectivity index (χ3n) is 2.39. The van der Waals surface area contributed by atoms with Crippen molar-refractivity contribution in [3.63, 3.8) is 0 Å². The molecular formula is C10H17N5O3S. The molecule has 8 nitrogen and oxygen atoms in total. The van der Waals surface area contributed by atoms with Crippen molar-refractivity contribution in [2.75, 3.05) is 5.75 Å². The van der Waals surface area contributed by atoms with Crippen LogP contribution in [0, 0.1) is 0 Å². The van der Waals surface area contributed by atoms with Gasteiger partial charge in [0, 0.05) is 19.2 Å². The Balaban J connectivity index is 2.30. The minimum atomic E-state index is -0.778. The number of rotatable bonds is 7. The molecule has 0 fully saturated rings. The molecule has 0 saturated carbocycles. The van der Waals surface area contributed by atoms with Crippen LogP contribution in [0.3, 0.4) is 0 Å². The summed E-state index contributed by atoms with van der Waals surface area (Å²) < 4.78 is 1.43. The Morgan fingerprint density at radius 3 is 2.84 bits per heavy atom. The highest BCUT2D eigenvalue weighted by Gasteiger charge is 2.04. The largest absolute Gasteiger partial charge is 0.339 e. The lowest BCUT2D eigenvalue weighted by molar-refractivity contribution is -0.121. The second-order valence-electron chi connectivity index (χ2n) is 3.93. The zero-order valence-corrected chi connectivity index (χ0v) is 11.5. The number of carbonyl (C=O) groups excluding carboxylic acids is 1. The summed E-state index contributed by atoms with van der Waals surface area (Å²) in [4.78, 5) is 36.6. The fourth-order valence-electron chi connectivity index (χ4n) is 1.39. The molecule has 0 saturated heterocycles. The van der Waals surface area contributed by atoms with E-state index < -0.39 is 11.1 Å². The van der Waals surface area contributed by atoms with E-state index in [2.05, 4.69) is 15.5 Å². The van der Waals surface area contributed by atoms with Crippen LogP contribution in [0.25, 0.3) is 0 Å². The quantitative estimate of drug-likeness (QED) is 0.149. The van der Waals surface area contributed by atoms with E-state index >= 15 is 0 Å². The normalized spacial score (nSPS) is 10.4. The van der Waals surface area contributed by atoms with Crippen molar-refractivity contribution in [1.82, 2.24) is 20.2 Å². The van der Waals surface area contributed by atoms with Gasteiger partial charge >= 0.3 is 11.1 Å². The maximum absolute atomic E-state index is 11.1. The molecular weight excluding hydrogens is 270 g/mol. The van der Waals surface area contributed by atoms with E-state index in [1.165, 1.54) is 16.4 Å². The summed E-state index contributed by atoms with van der Waals surface area (Å²) in [5.74, 6) is 5.55. The summed E-state index contributed by atoms with van der Waals surface area (Å²) in [6, 6.07) is 0. The number of hydrogen-bond donors (Lipinski definition) is 3. The number of hydrogen-bond acceptors (Lipinski definition) is 6. The number of aryl methyl sites for hydroxylation is 1. The second kappa shape index (κ2) is 7.74. The molecule has 106 valence electrons. The number of nitrogens with one attached hydrogen (secondary N) is 2. The Morgan fingerprint density at radius 2 is 2.16 bits per heavy atom. The highest BCUT2D eigenvalue weighted by Crippen LogP contribution is 2.14. The third-order valence-corrected chi connectivity index (χ3v) is 3.50. The van der Waals surface area contributed by atoms with Crippen molar-refractivity contribution in [3.8, 4) is 0 Å². The molecule has 0 bridgehead atoms. The minimum absolute atomic E-state index is 0.169. The number of carbonyl (C=O) groups is 1. The molecule has 0 aliphatic rings. The molecule has 1 aromatic heterocycles. The second-order valence-corrected chi connectivity index (χ2v) is 4.99. The van der Waals surface area contributed by atoms with Gasteiger partial charge in [-0.15, -0.1) is 0 Å². The topological polar surface area (TPSA) is 123 Å². The van der Waals surface area contributed by atoms with E-state index in [1.54, 1.807) is 7.05 Å². The smallest absolute Gasteiger partial charge is 0.294 e. The summed E-state index contributed by atoms with van der Waals surface area (Å²) in [6.45, 7) is 0. The van der Waals surface area contributed by atoms with Gasteiger partial charge in [0.1, 0.15) is 0 Å². The van der Waals surface area contributed by atoms with Crippen LogP contribution < -0.4 is 22.4 Å². The lowest BCUT2D eigenvalue weighted by atomic mass is 10.2. The van der Waals surface area contributed by atoms with Crippen LogP contribution >= 0.6 is 11.8 Å². The number of aromatic nitrogens is 3. The molecule has 4 N–H and O–H groups in total. The van der Waals surface area contributed by atoms with E-state index in [-0.39, 0.29) is 5.91 Å². The van der Waals surface area contributed by atoms with Gasteiger partial charge in [-0.2, -0.15) is 4.98 Å². The first kappa shape index (κ1) is 15.4. The number of unbranched alkanes of at least 4 members (excludes halogenated alkanes) is 2. The predicted molar refractivity (Wildman–Crippen MR) is 71.6 cm³/mol. The van der Waals surface area contributed by atoms with Crippen molar-refractivity contribution < 1.29 is 4.79 Å². The number of nitrogens with two attached hydrogens (primary N) is 1. The summed E-state index contributed by atoms with van der Waals surface area (Å²) in [5.41, 5.74) is 0.575. The first-order valence-corrected chi connectivity index (χ1v) is 6.82. The minimum Gasteiger partial charge on any atom is -0.294 e. The molecule has 9 heteroatoms. The summed E-state index contributed by atoms with van der Waals surface area (Å²) in [5, 5.41) is 2.86. The number of thioether (sulfide) groups is 1. The zero-order valence-electron chi connectivity index (χ0n) is 10.6. The van der Waals surface area contributed by atoms with Gasteiger partial charge in [-0.05, 0) is 12.8 Å². The summed E-state index contributed by atoms with van der Waals surface area (Å²) >= 11 is 1.39. The molecule has 0 aromatic carbocycles. The van der Waals surface area contributed by atoms with Crippen LogP contribution in [0.2, 0.25) is 0 Å². The number of nitrogens with zero attached hydrogens (tertiary/aromatic N) is 2. The van der Waals surface area contributed by atoms with Crippen LogP contribution in [0.5, 0.6) is 0 Å². The molecule has 19 heavy (non-hydrogen) atoms. The molecule has 0 unspecified atom stereocenters. The highest BCUT2D eigenvalue weighted by molar-refractivity contribution is 7.99. The van der Waals surface area contributed by atoms with E-state index in [9.17, 15) is 14.4 Å². The van der Waals surface area contributed by atoms with Gasteiger partial charge in [0.05, 0.1) is 0 Å². The van der Waals surface area contributed by atoms with Gasteiger partial charge in [-0.3, -0.25) is 29.6 Å². The van der Waals surface area contributed by atoms with E-state index in [4.69, 9.17) is 5.84 Å². The lowest BCUT2D eigenvalue weighted by Gasteiger charge is -2.05. The van der Waals surface area contributed by atoms with Gasteiger partial charge in [-0.1, -0.05) is 18.2 Å². The van der Waals surface area contributed by atoms with E-state index in [0.717, 1.165) is 25.0 Å². The monoisotopic (exact) mass is 287 g/mol. The van der Waals surface area contributed by atoms with Gasteiger partial charge in [-0.25, -0.2) is 5.84 Å². The lowest BCUT2D eigenvalue weighted by Crippen LogP contribution is -2.33. The number of aromatic amines is 1. The molecule has 0 spiro atoms. The molecule has 1 amide bonds. The van der Waals surface area contributed by atoms with Gasteiger partial charge in [0.15, 0.2) is 5.16 Å². The Hall–Kier alpha value is -1.61. The summed E-state index contributed by atoms with van der Waals surface area (Å²) in [6.07, 6.45) is 2.95. The highest BCUT2D eigenvalue weighted by atomic mass is 32.2. The summed E-state index contributed by atoms with van der Waals surface area (Å²) in [7, 11) is 1.63. The Morgan fingerprint density at radius 1 is 1.42 bits per heavy atom. The van der Waals surface area contributed by atoms with E-state index in [1.807, 2.05) is 0 Å². The van der Waals surface area contributed by atoms with Crippen molar-refractivity contribution in [2.45, 2.75) is 30.8 Å². The van der Waals surface area contributed by atoms with Crippen LogP contribution in [0.4, 0.5) is 0 Å². The maximum Gasteiger partial charge on any atom is 0.339 e. The third kappa shape index (κ3) is 5.26. The fraction of sp³-hybridized carbons (Fsp3) is 0.600. The Kier molecular flexibility index (Phi) is 6.30. The number of H-pyrrole nitrogens is 1. The van der Waals surface area contributed by atoms with Gasteiger partial charge in [0.25, 0.3) is 0 Å². The van der Waals surface area contributed by atoms with Gasteiger partial charge < -0.3 is 0 Å². The molecule has 1 rings (SSSR count). The average molecular weight is 287 g/mol. The first-order valence-electron chi connectivity index (χ1n) is 5.84. The molecule has 1 aromatic rings. The zero-order chi connectivity index (χ0) is 14.3. The standard InChI is InChI=1S/C10H17N5O3S/c1-15-10(12-8(17)9(18)14-15)19-6-4-2-3-5-7(16)13-11/h2-6,11H2,1H3,(H,13,16)(H,14,18). The molecule has 0 aliphatic carbocycles. The molecule has 0 atom stereocenters. The van der Waals surface area contributed by atoms with Crippen molar-refractivity contribution in [1.29, 1.82) is 0 Å². The van der Waals surface area contributed by atoms with Crippen LogP contribution in [-0.4, -0.2) is 26.4 Å². The van der Waals surface area contributed by atoms with E-state index in [0.29, 0.717) is 11.6 Å². The predicted octanol–water partition coefficient (Wildman–Crippen LogP) is -0.889. The van der Waals surface area contributed by atoms with Crippen molar-refractivity contribution in [2.24, 2.45) is 12.9 Å². The van der Waals surface area contributed by atoms with Gasteiger partial charge in [0.2, 0.25) is 5.91 Å². The SMILES string of the molecule is Cn1[nH]c(=O)c(=O)nc1SCCCCCC(=O)NN. The van der Waals surface area contributed by atoms with Crippen LogP contribution in [-0.2, 0) is 11.8 Å². The Bertz CT molecular complexity index is 539. The Labute approximate surface area is 113 Å². The number of hydrazine groups is 1. The molecule has 0 radical (unpaired) electrons. The van der Waals surface area contributed by atoms with Crippen molar-refractivity contribution >= 4 is 17.7 Å². The van der Waals surface area contributed by atoms with Crippen LogP contribution in [0.15, 0.2) is 14.7 Å². The van der Waals surface area contributed by atoms with Crippen molar-refractivity contribution in [3.05, 3.63) is 20.7 Å². The van der Waals surface area contributed by atoms with Crippen LogP contribution in [0.1, 0.15) is 25.7 Å². The first-order chi connectivity index (χ1) is 9.04. The fourth-order valence-corrected chi connectivity index (χ4v) is 2.31. The number of amides is 1. The molecule has 0 aliphatic heterocycles. The average Bonchev–Trinajstić information content (AvgIpc) is 2.38.